The van der Waals surface area contributed by atoms with Gasteiger partial charge in [0.15, 0.2) is 0 Å². The van der Waals surface area contributed by atoms with Crippen LogP contribution in [0.15, 0.2) is 12.3 Å². The number of carbonyl (C=O) groups excluding carboxylic acids is 1. The standard InChI is InChI=1S/C14H22FN3O/c1-4-6-7-10(3)18-14(19)12-8-11(15)9-17-13(12)16-5-2/h8-10H,4-7H2,1-3H3,(H,16,17)(H,18,19). The van der Waals surface area contributed by atoms with Crippen LogP contribution in [0.2, 0.25) is 0 Å². The first-order chi connectivity index (χ1) is 9.08. The van der Waals surface area contributed by atoms with Crippen molar-refractivity contribution >= 4 is 11.7 Å². The monoisotopic (exact) mass is 267 g/mol. The van der Waals surface area contributed by atoms with Crippen LogP contribution < -0.4 is 10.6 Å². The number of unbranched alkanes of at least 4 members (excludes halogenated alkanes) is 1. The van der Waals surface area contributed by atoms with E-state index in [1.165, 1.54) is 6.07 Å². The van der Waals surface area contributed by atoms with Gasteiger partial charge in [-0.15, -0.1) is 0 Å². The van der Waals surface area contributed by atoms with Gasteiger partial charge in [0.1, 0.15) is 11.6 Å². The summed E-state index contributed by atoms with van der Waals surface area (Å²) in [6, 6.07) is 1.29. The minimum Gasteiger partial charge on any atom is -0.370 e. The predicted octanol–water partition coefficient (Wildman–Crippen LogP) is 2.96. The lowest BCUT2D eigenvalue weighted by Crippen LogP contribution is -2.33. The minimum atomic E-state index is -0.506. The molecule has 0 spiro atoms. The summed E-state index contributed by atoms with van der Waals surface area (Å²) in [4.78, 5) is 16.0. The molecule has 0 aromatic carbocycles. The zero-order valence-electron chi connectivity index (χ0n) is 11.8. The molecule has 0 aliphatic heterocycles. The summed E-state index contributed by atoms with van der Waals surface area (Å²) in [5, 5.41) is 5.83. The lowest BCUT2D eigenvalue weighted by atomic mass is 10.1. The minimum absolute atomic E-state index is 0.0743. The summed E-state index contributed by atoms with van der Waals surface area (Å²) in [6.45, 7) is 6.59. The first kappa shape index (κ1) is 15.4. The van der Waals surface area contributed by atoms with Crippen LogP contribution in [0, 0.1) is 5.82 Å². The Bertz CT molecular complexity index is 423. The molecule has 0 saturated heterocycles. The molecule has 1 rings (SSSR count). The van der Waals surface area contributed by atoms with Gasteiger partial charge < -0.3 is 10.6 Å². The van der Waals surface area contributed by atoms with Crippen LogP contribution >= 0.6 is 0 Å². The molecule has 4 nitrogen and oxygen atoms in total. The van der Waals surface area contributed by atoms with E-state index in [9.17, 15) is 9.18 Å². The van der Waals surface area contributed by atoms with Crippen LogP contribution in [0.4, 0.5) is 10.2 Å². The van der Waals surface area contributed by atoms with Crippen molar-refractivity contribution in [3.05, 3.63) is 23.6 Å². The third kappa shape index (κ3) is 4.85. The molecule has 0 aliphatic carbocycles. The molecule has 1 amide bonds. The smallest absolute Gasteiger partial charge is 0.255 e. The zero-order valence-corrected chi connectivity index (χ0v) is 11.8. The van der Waals surface area contributed by atoms with E-state index in [0.29, 0.717) is 12.4 Å². The summed E-state index contributed by atoms with van der Waals surface area (Å²) < 4.78 is 13.2. The van der Waals surface area contributed by atoms with Crippen molar-refractivity contribution in [3.63, 3.8) is 0 Å². The number of hydrogen-bond acceptors (Lipinski definition) is 3. The molecule has 1 unspecified atom stereocenters. The van der Waals surface area contributed by atoms with Gasteiger partial charge in [-0.25, -0.2) is 9.37 Å². The Kier molecular flexibility index (Phi) is 6.25. The number of nitrogens with one attached hydrogen (secondary N) is 2. The Labute approximate surface area is 113 Å². The maximum Gasteiger partial charge on any atom is 0.255 e. The average Bonchev–Trinajstić information content (AvgIpc) is 2.38. The lowest BCUT2D eigenvalue weighted by Gasteiger charge is -2.15. The van der Waals surface area contributed by atoms with E-state index >= 15 is 0 Å². The molecule has 0 aliphatic rings. The molecule has 2 N–H and O–H groups in total. The van der Waals surface area contributed by atoms with E-state index in [-0.39, 0.29) is 17.5 Å². The van der Waals surface area contributed by atoms with E-state index in [1.807, 2.05) is 13.8 Å². The van der Waals surface area contributed by atoms with Crippen molar-refractivity contribution in [2.45, 2.75) is 46.1 Å². The number of pyridine rings is 1. The number of nitrogens with zero attached hydrogens (tertiary/aromatic N) is 1. The number of amides is 1. The normalized spacial score (nSPS) is 12.0. The van der Waals surface area contributed by atoms with Crippen molar-refractivity contribution < 1.29 is 9.18 Å². The van der Waals surface area contributed by atoms with Crippen molar-refractivity contribution in [2.24, 2.45) is 0 Å². The van der Waals surface area contributed by atoms with Crippen LogP contribution in [0.25, 0.3) is 0 Å². The van der Waals surface area contributed by atoms with Gasteiger partial charge in [-0.05, 0) is 26.3 Å². The number of aromatic nitrogens is 1. The molecule has 106 valence electrons. The molecule has 0 bridgehead atoms. The summed E-state index contributed by atoms with van der Waals surface area (Å²) >= 11 is 0. The maximum absolute atomic E-state index is 13.2. The van der Waals surface area contributed by atoms with Gasteiger partial charge >= 0.3 is 0 Å². The molecular formula is C14H22FN3O. The van der Waals surface area contributed by atoms with Gasteiger partial charge in [0, 0.05) is 12.6 Å². The average molecular weight is 267 g/mol. The van der Waals surface area contributed by atoms with Gasteiger partial charge in [0.05, 0.1) is 11.8 Å². The quantitative estimate of drug-likeness (QED) is 0.798. The Morgan fingerprint density at radius 2 is 2.21 bits per heavy atom. The molecule has 5 heteroatoms. The zero-order chi connectivity index (χ0) is 14.3. The van der Waals surface area contributed by atoms with Crippen LogP contribution in [-0.4, -0.2) is 23.5 Å². The largest absolute Gasteiger partial charge is 0.370 e. The van der Waals surface area contributed by atoms with E-state index in [2.05, 4.69) is 22.5 Å². The van der Waals surface area contributed by atoms with Crippen molar-refractivity contribution in [3.8, 4) is 0 Å². The van der Waals surface area contributed by atoms with E-state index in [0.717, 1.165) is 25.5 Å². The van der Waals surface area contributed by atoms with Crippen molar-refractivity contribution in [2.75, 3.05) is 11.9 Å². The SMILES string of the molecule is CCCCC(C)NC(=O)c1cc(F)cnc1NCC. The number of hydrogen-bond donors (Lipinski definition) is 2. The molecule has 0 saturated carbocycles. The highest BCUT2D eigenvalue weighted by Gasteiger charge is 2.15. The summed E-state index contributed by atoms with van der Waals surface area (Å²) in [5.41, 5.74) is 0.255. The van der Waals surface area contributed by atoms with Crippen LogP contribution in [0.1, 0.15) is 50.4 Å². The highest BCUT2D eigenvalue weighted by atomic mass is 19.1. The Balaban J connectivity index is 2.77. The molecule has 1 aromatic heterocycles. The van der Waals surface area contributed by atoms with Gasteiger partial charge in [-0.1, -0.05) is 19.8 Å². The number of anilines is 1. The van der Waals surface area contributed by atoms with Crippen LogP contribution in [-0.2, 0) is 0 Å². The fraction of sp³-hybridized carbons (Fsp3) is 0.571. The molecular weight excluding hydrogens is 245 g/mol. The van der Waals surface area contributed by atoms with E-state index in [1.54, 1.807) is 0 Å². The number of halogens is 1. The molecule has 1 heterocycles. The number of rotatable bonds is 7. The highest BCUT2D eigenvalue weighted by molar-refractivity contribution is 5.98. The third-order valence-electron chi connectivity index (χ3n) is 2.81. The summed E-state index contributed by atoms with van der Waals surface area (Å²) in [5.74, 6) is -0.372. The van der Waals surface area contributed by atoms with Crippen molar-refractivity contribution in [1.82, 2.24) is 10.3 Å². The second kappa shape index (κ2) is 7.71. The van der Waals surface area contributed by atoms with Gasteiger partial charge in [-0.2, -0.15) is 0 Å². The Morgan fingerprint density at radius 3 is 2.84 bits per heavy atom. The predicted molar refractivity (Wildman–Crippen MR) is 74.8 cm³/mol. The molecule has 0 fully saturated rings. The Morgan fingerprint density at radius 1 is 1.47 bits per heavy atom. The lowest BCUT2D eigenvalue weighted by molar-refractivity contribution is 0.0938. The maximum atomic E-state index is 13.2. The first-order valence-electron chi connectivity index (χ1n) is 6.78. The van der Waals surface area contributed by atoms with Gasteiger partial charge in [0.25, 0.3) is 5.91 Å². The fourth-order valence-corrected chi connectivity index (χ4v) is 1.80. The first-order valence-corrected chi connectivity index (χ1v) is 6.78. The van der Waals surface area contributed by atoms with Gasteiger partial charge in [-0.3, -0.25) is 4.79 Å². The molecule has 1 atom stereocenters. The third-order valence-corrected chi connectivity index (χ3v) is 2.81. The Hall–Kier alpha value is -1.65. The van der Waals surface area contributed by atoms with Gasteiger partial charge in [0.2, 0.25) is 0 Å². The van der Waals surface area contributed by atoms with Crippen LogP contribution in [0.3, 0.4) is 0 Å². The van der Waals surface area contributed by atoms with Crippen molar-refractivity contribution in [1.29, 1.82) is 0 Å². The van der Waals surface area contributed by atoms with E-state index in [4.69, 9.17) is 0 Å². The molecule has 19 heavy (non-hydrogen) atoms. The molecule has 0 radical (unpaired) electrons. The summed E-state index contributed by atoms with van der Waals surface area (Å²) in [7, 11) is 0. The number of carbonyl (C=O) groups is 1. The topological polar surface area (TPSA) is 54.0 Å². The van der Waals surface area contributed by atoms with Crippen LogP contribution in [0.5, 0.6) is 0 Å². The summed E-state index contributed by atoms with van der Waals surface area (Å²) in [6.07, 6.45) is 4.17. The second-order valence-corrected chi connectivity index (χ2v) is 4.60. The van der Waals surface area contributed by atoms with E-state index < -0.39 is 5.82 Å². The fourth-order valence-electron chi connectivity index (χ4n) is 1.80. The molecule has 1 aromatic rings. The second-order valence-electron chi connectivity index (χ2n) is 4.60. The highest BCUT2D eigenvalue weighted by Crippen LogP contribution is 2.14.